The lowest BCUT2D eigenvalue weighted by atomic mass is 10.5. The Balaban J connectivity index is 2.10. The molecule has 4 heteroatoms. The summed E-state index contributed by atoms with van der Waals surface area (Å²) < 4.78 is 0. The van der Waals surface area contributed by atoms with Crippen LogP contribution in [-0.2, 0) is 0 Å². The number of halogens is 1. The molecule has 0 radical (unpaired) electrons. The lowest BCUT2D eigenvalue weighted by Crippen LogP contribution is -2.02. The molecule has 1 N–H and O–H groups in total. The Morgan fingerprint density at radius 1 is 1.45 bits per heavy atom. The third-order valence-corrected chi connectivity index (χ3v) is 1.77. The third-order valence-electron chi connectivity index (χ3n) is 1.56. The van der Waals surface area contributed by atoms with Crippen molar-refractivity contribution in [1.29, 1.82) is 0 Å². The molecule has 0 aromatic carbocycles. The summed E-state index contributed by atoms with van der Waals surface area (Å²) in [6.07, 6.45) is 3.94. The molecule has 1 fully saturated rings. The van der Waals surface area contributed by atoms with Gasteiger partial charge in [0.05, 0.1) is 0 Å². The van der Waals surface area contributed by atoms with Crippen molar-refractivity contribution in [3.63, 3.8) is 0 Å². The molecule has 1 aromatic rings. The Labute approximate surface area is 69.8 Å². The van der Waals surface area contributed by atoms with Crippen molar-refractivity contribution in [2.45, 2.75) is 18.9 Å². The van der Waals surface area contributed by atoms with Gasteiger partial charge in [0, 0.05) is 12.1 Å². The summed E-state index contributed by atoms with van der Waals surface area (Å²) in [5, 5.41) is 3.71. The fourth-order valence-corrected chi connectivity index (χ4v) is 0.996. The highest BCUT2D eigenvalue weighted by atomic mass is 35.5. The molecule has 0 atom stereocenters. The second-order valence-corrected chi connectivity index (χ2v) is 3.03. The summed E-state index contributed by atoms with van der Waals surface area (Å²) in [6, 6.07) is 2.35. The van der Waals surface area contributed by atoms with Gasteiger partial charge in [0.25, 0.3) is 0 Å². The maximum atomic E-state index is 5.66. The van der Waals surface area contributed by atoms with Gasteiger partial charge in [0.1, 0.15) is 17.3 Å². The van der Waals surface area contributed by atoms with Gasteiger partial charge in [0.15, 0.2) is 0 Å². The second kappa shape index (κ2) is 2.66. The van der Waals surface area contributed by atoms with Crippen LogP contribution in [0.25, 0.3) is 0 Å². The fraction of sp³-hybridized carbons (Fsp3) is 0.429. The minimum Gasteiger partial charge on any atom is -0.367 e. The Kier molecular flexibility index (Phi) is 1.66. The zero-order chi connectivity index (χ0) is 7.68. The highest BCUT2D eigenvalue weighted by Crippen LogP contribution is 2.23. The average Bonchev–Trinajstić information content (AvgIpc) is 2.71. The van der Waals surface area contributed by atoms with Crippen LogP contribution in [0, 0.1) is 0 Å². The number of nitrogens with one attached hydrogen (secondary N) is 1. The highest BCUT2D eigenvalue weighted by Gasteiger charge is 2.21. The predicted octanol–water partition coefficient (Wildman–Crippen LogP) is 1.70. The molecule has 1 aliphatic carbocycles. The number of anilines is 1. The van der Waals surface area contributed by atoms with Gasteiger partial charge in [-0.15, -0.1) is 0 Å². The van der Waals surface area contributed by atoms with Crippen LogP contribution < -0.4 is 5.32 Å². The summed E-state index contributed by atoms with van der Waals surface area (Å²) in [4.78, 5) is 7.79. The van der Waals surface area contributed by atoms with Crippen molar-refractivity contribution in [3.8, 4) is 0 Å². The first-order chi connectivity index (χ1) is 5.34. The Morgan fingerprint density at radius 3 is 2.91 bits per heavy atom. The summed E-state index contributed by atoms with van der Waals surface area (Å²) in [7, 11) is 0. The average molecular weight is 170 g/mol. The van der Waals surface area contributed by atoms with Crippen LogP contribution in [0.15, 0.2) is 12.4 Å². The molecule has 3 nitrogen and oxygen atoms in total. The topological polar surface area (TPSA) is 37.8 Å². The maximum absolute atomic E-state index is 5.66. The van der Waals surface area contributed by atoms with Gasteiger partial charge < -0.3 is 5.32 Å². The molecule has 0 saturated heterocycles. The highest BCUT2D eigenvalue weighted by molar-refractivity contribution is 6.29. The van der Waals surface area contributed by atoms with E-state index >= 15 is 0 Å². The third kappa shape index (κ3) is 1.80. The van der Waals surface area contributed by atoms with Crippen LogP contribution in [0.2, 0.25) is 5.15 Å². The second-order valence-electron chi connectivity index (χ2n) is 2.64. The largest absolute Gasteiger partial charge is 0.367 e. The molecule has 11 heavy (non-hydrogen) atoms. The standard InChI is InChI=1S/C7H8ClN3/c8-6-3-7(10-4-9-6)11-5-1-2-5/h3-5H,1-2H2,(H,9,10,11). The Morgan fingerprint density at radius 2 is 2.27 bits per heavy atom. The lowest BCUT2D eigenvalue weighted by Gasteiger charge is -2.00. The lowest BCUT2D eigenvalue weighted by molar-refractivity contribution is 1.08. The van der Waals surface area contributed by atoms with E-state index in [2.05, 4.69) is 15.3 Å². The number of aromatic nitrogens is 2. The smallest absolute Gasteiger partial charge is 0.134 e. The molecule has 0 unspecified atom stereocenters. The molecule has 0 aliphatic heterocycles. The van der Waals surface area contributed by atoms with E-state index in [-0.39, 0.29) is 0 Å². The summed E-state index contributed by atoms with van der Waals surface area (Å²) in [5.74, 6) is 0.826. The fourth-order valence-electron chi connectivity index (χ4n) is 0.849. The van der Waals surface area contributed by atoms with E-state index in [1.807, 2.05) is 0 Å². The minimum atomic E-state index is 0.489. The number of nitrogens with zero attached hydrogens (tertiary/aromatic N) is 2. The molecule has 1 heterocycles. The summed E-state index contributed by atoms with van der Waals surface area (Å²) in [6.45, 7) is 0. The molecule has 0 bridgehead atoms. The first-order valence-corrected chi connectivity index (χ1v) is 3.96. The van der Waals surface area contributed by atoms with Gasteiger partial charge in [-0.2, -0.15) is 0 Å². The van der Waals surface area contributed by atoms with Crippen LogP contribution in [0.3, 0.4) is 0 Å². The van der Waals surface area contributed by atoms with Crippen molar-refractivity contribution in [2.24, 2.45) is 0 Å². The normalized spacial score (nSPS) is 16.5. The number of hydrogen-bond acceptors (Lipinski definition) is 3. The molecule has 2 rings (SSSR count). The molecular weight excluding hydrogens is 162 g/mol. The zero-order valence-electron chi connectivity index (χ0n) is 5.92. The molecule has 1 aromatic heterocycles. The van der Waals surface area contributed by atoms with E-state index in [1.165, 1.54) is 19.2 Å². The maximum Gasteiger partial charge on any atom is 0.134 e. The molecular formula is C7H8ClN3. The van der Waals surface area contributed by atoms with Crippen molar-refractivity contribution < 1.29 is 0 Å². The van der Waals surface area contributed by atoms with Gasteiger partial charge in [-0.1, -0.05) is 11.6 Å². The number of rotatable bonds is 2. The molecule has 1 saturated carbocycles. The van der Waals surface area contributed by atoms with Crippen molar-refractivity contribution >= 4 is 17.4 Å². The SMILES string of the molecule is Clc1cc(NC2CC2)ncn1. The van der Waals surface area contributed by atoms with Crippen LogP contribution >= 0.6 is 11.6 Å². The quantitative estimate of drug-likeness (QED) is 0.685. The first kappa shape index (κ1) is 6.85. The van der Waals surface area contributed by atoms with Gasteiger partial charge in [-0.25, -0.2) is 9.97 Å². The van der Waals surface area contributed by atoms with Crippen LogP contribution in [0.5, 0.6) is 0 Å². The van der Waals surface area contributed by atoms with Crippen molar-refractivity contribution in [1.82, 2.24) is 9.97 Å². The Hall–Kier alpha value is -0.830. The van der Waals surface area contributed by atoms with E-state index in [9.17, 15) is 0 Å². The first-order valence-electron chi connectivity index (χ1n) is 3.59. The predicted molar refractivity (Wildman–Crippen MR) is 43.7 cm³/mol. The van der Waals surface area contributed by atoms with E-state index in [1.54, 1.807) is 6.07 Å². The van der Waals surface area contributed by atoms with Gasteiger partial charge in [-0.05, 0) is 12.8 Å². The summed E-state index contributed by atoms with van der Waals surface area (Å²) >= 11 is 5.66. The van der Waals surface area contributed by atoms with Crippen molar-refractivity contribution in [3.05, 3.63) is 17.5 Å². The van der Waals surface area contributed by atoms with Gasteiger partial charge in [0.2, 0.25) is 0 Å². The van der Waals surface area contributed by atoms with Crippen LogP contribution in [-0.4, -0.2) is 16.0 Å². The molecule has 58 valence electrons. The van der Waals surface area contributed by atoms with Gasteiger partial charge >= 0.3 is 0 Å². The van der Waals surface area contributed by atoms with E-state index < -0.39 is 0 Å². The number of hydrogen-bond donors (Lipinski definition) is 1. The monoisotopic (exact) mass is 169 g/mol. The van der Waals surface area contributed by atoms with Crippen LogP contribution in [0.1, 0.15) is 12.8 Å². The van der Waals surface area contributed by atoms with Crippen LogP contribution in [0.4, 0.5) is 5.82 Å². The van der Waals surface area contributed by atoms with E-state index in [4.69, 9.17) is 11.6 Å². The molecule has 1 aliphatic rings. The van der Waals surface area contributed by atoms with Crippen molar-refractivity contribution in [2.75, 3.05) is 5.32 Å². The summed E-state index contributed by atoms with van der Waals surface area (Å²) in [5.41, 5.74) is 0. The van der Waals surface area contributed by atoms with E-state index in [0.717, 1.165) is 5.82 Å². The molecule has 0 amide bonds. The van der Waals surface area contributed by atoms with E-state index in [0.29, 0.717) is 11.2 Å². The Bertz CT molecular complexity index is 260. The zero-order valence-corrected chi connectivity index (χ0v) is 6.67. The van der Waals surface area contributed by atoms with Gasteiger partial charge in [-0.3, -0.25) is 0 Å². The molecule has 0 spiro atoms. The minimum absolute atomic E-state index is 0.489.